The largest absolute Gasteiger partial charge is 0.507 e. The molecule has 7 heteroatoms. The molecule has 4 aromatic rings. The molecule has 0 radical (unpaired) electrons. The summed E-state index contributed by atoms with van der Waals surface area (Å²) < 4.78 is 10.7. The van der Waals surface area contributed by atoms with Crippen molar-refractivity contribution in [2.75, 3.05) is 19.1 Å². The quantitative estimate of drug-likeness (QED) is 0.256. The number of methoxy groups -OCH3 is 2. The number of ketones is 1. The van der Waals surface area contributed by atoms with E-state index < -0.39 is 17.7 Å². The van der Waals surface area contributed by atoms with Gasteiger partial charge in [-0.3, -0.25) is 19.5 Å². The number of pyridine rings is 1. The van der Waals surface area contributed by atoms with Crippen LogP contribution in [0.4, 0.5) is 5.69 Å². The molecular weight excluding hydrogens is 444 g/mol. The molecule has 1 saturated heterocycles. The monoisotopic (exact) mass is 466 g/mol. The first-order valence-corrected chi connectivity index (χ1v) is 11.0. The average Bonchev–Trinajstić information content (AvgIpc) is 3.18. The maximum Gasteiger partial charge on any atom is 0.300 e. The molecule has 1 aromatic heterocycles. The lowest BCUT2D eigenvalue weighted by Gasteiger charge is -2.26. The topological polar surface area (TPSA) is 89.0 Å². The third kappa shape index (κ3) is 3.67. The van der Waals surface area contributed by atoms with Gasteiger partial charge in [0.1, 0.15) is 17.3 Å². The van der Waals surface area contributed by atoms with Crippen LogP contribution < -0.4 is 14.4 Å². The number of carbonyl (C=O) groups excluding carboxylic acids is 2. The maximum absolute atomic E-state index is 13.5. The highest BCUT2D eigenvalue weighted by Crippen LogP contribution is 2.45. The van der Waals surface area contributed by atoms with E-state index in [1.807, 2.05) is 36.4 Å². The van der Waals surface area contributed by atoms with Gasteiger partial charge >= 0.3 is 0 Å². The van der Waals surface area contributed by atoms with Gasteiger partial charge in [0, 0.05) is 23.8 Å². The summed E-state index contributed by atoms with van der Waals surface area (Å²) in [6.45, 7) is 0. The number of Topliss-reactive ketones (excluding diaryl/α,β-unsaturated/α-hetero) is 1. The summed E-state index contributed by atoms with van der Waals surface area (Å²) in [7, 11) is 2.98. The molecule has 1 aliphatic rings. The Morgan fingerprint density at radius 2 is 1.74 bits per heavy atom. The smallest absolute Gasteiger partial charge is 0.300 e. The molecule has 1 amide bonds. The number of rotatable bonds is 5. The van der Waals surface area contributed by atoms with Crippen LogP contribution in [0.3, 0.4) is 0 Å². The molecule has 5 rings (SSSR count). The summed E-state index contributed by atoms with van der Waals surface area (Å²) in [5.41, 5.74) is 1.39. The van der Waals surface area contributed by atoms with Gasteiger partial charge in [-0.2, -0.15) is 0 Å². The Morgan fingerprint density at radius 1 is 0.943 bits per heavy atom. The van der Waals surface area contributed by atoms with Gasteiger partial charge in [-0.05, 0) is 35.2 Å². The van der Waals surface area contributed by atoms with E-state index in [0.29, 0.717) is 22.7 Å². The fraction of sp³-hybridized carbons (Fsp3) is 0.107. The molecule has 1 atom stereocenters. The normalized spacial score (nSPS) is 17.1. The van der Waals surface area contributed by atoms with E-state index in [1.54, 1.807) is 48.8 Å². The van der Waals surface area contributed by atoms with Crippen LogP contribution in [-0.2, 0) is 9.59 Å². The Bertz CT molecular complexity index is 1470. The number of benzene rings is 3. The van der Waals surface area contributed by atoms with Crippen molar-refractivity contribution in [2.45, 2.75) is 6.04 Å². The molecule has 0 saturated carbocycles. The minimum atomic E-state index is -0.888. The summed E-state index contributed by atoms with van der Waals surface area (Å²) in [5.74, 6) is -1.02. The standard InChI is InChI=1S/C28H22N2O5/c1-34-19-12-13-21(23(15-19)35-2)26(31)24-25(18-9-6-14-29-16-18)30(28(33)27(24)32)22-11-5-8-17-7-3-4-10-20(17)22/h3-16,25,31H,1-2H3/b26-24+. The van der Waals surface area contributed by atoms with Crippen LogP contribution in [0.15, 0.2) is 90.8 Å². The van der Waals surface area contributed by atoms with Crippen LogP contribution in [0.2, 0.25) is 0 Å². The Labute approximate surface area is 201 Å². The van der Waals surface area contributed by atoms with Crippen LogP contribution in [0.5, 0.6) is 11.5 Å². The van der Waals surface area contributed by atoms with Crippen LogP contribution in [-0.4, -0.2) is 36.0 Å². The average molecular weight is 466 g/mol. The number of aliphatic hydroxyl groups excluding tert-OH is 1. The van der Waals surface area contributed by atoms with Gasteiger partial charge in [0.25, 0.3) is 11.7 Å². The number of nitrogens with zero attached hydrogens (tertiary/aromatic N) is 2. The highest BCUT2D eigenvalue weighted by Gasteiger charge is 2.47. The van der Waals surface area contributed by atoms with E-state index in [9.17, 15) is 14.7 Å². The second-order valence-electron chi connectivity index (χ2n) is 8.02. The summed E-state index contributed by atoms with van der Waals surface area (Å²) in [6, 6.07) is 20.7. The molecule has 7 nitrogen and oxygen atoms in total. The van der Waals surface area contributed by atoms with Gasteiger partial charge in [-0.15, -0.1) is 0 Å². The molecule has 174 valence electrons. The molecule has 1 N–H and O–H groups in total. The number of hydrogen-bond acceptors (Lipinski definition) is 6. The van der Waals surface area contributed by atoms with E-state index in [1.165, 1.54) is 19.1 Å². The summed E-state index contributed by atoms with van der Waals surface area (Å²) in [4.78, 5) is 32.6. The first kappa shape index (κ1) is 22.2. The molecule has 0 spiro atoms. The van der Waals surface area contributed by atoms with Gasteiger partial charge in [0.05, 0.1) is 37.1 Å². The van der Waals surface area contributed by atoms with Crippen LogP contribution in [0.1, 0.15) is 17.2 Å². The number of ether oxygens (including phenoxy) is 2. The molecule has 2 heterocycles. The van der Waals surface area contributed by atoms with Crippen molar-refractivity contribution in [2.24, 2.45) is 0 Å². The third-order valence-corrected chi connectivity index (χ3v) is 6.13. The zero-order chi connectivity index (χ0) is 24.5. The molecule has 1 fully saturated rings. The number of hydrogen-bond donors (Lipinski definition) is 1. The van der Waals surface area contributed by atoms with Crippen molar-refractivity contribution in [3.63, 3.8) is 0 Å². The van der Waals surface area contributed by atoms with Crippen molar-refractivity contribution >= 4 is 33.9 Å². The van der Waals surface area contributed by atoms with Crippen LogP contribution in [0.25, 0.3) is 16.5 Å². The highest BCUT2D eigenvalue weighted by atomic mass is 16.5. The SMILES string of the molecule is COc1ccc(/C(O)=C2\C(=O)C(=O)N(c3cccc4ccccc34)C2c2cccnc2)c(OC)c1. The molecule has 1 unspecified atom stereocenters. The molecule has 3 aromatic carbocycles. The number of amides is 1. The van der Waals surface area contributed by atoms with Crippen molar-refractivity contribution < 1.29 is 24.2 Å². The molecule has 1 aliphatic heterocycles. The Balaban J connectivity index is 1.77. The lowest BCUT2D eigenvalue weighted by molar-refractivity contribution is -0.132. The molecule has 35 heavy (non-hydrogen) atoms. The number of aromatic nitrogens is 1. The number of fused-ring (bicyclic) bond motifs is 1. The van der Waals surface area contributed by atoms with Crippen molar-refractivity contribution in [1.29, 1.82) is 0 Å². The van der Waals surface area contributed by atoms with Crippen molar-refractivity contribution in [3.8, 4) is 11.5 Å². The molecule has 0 bridgehead atoms. The van der Waals surface area contributed by atoms with E-state index in [0.717, 1.165) is 10.8 Å². The lowest BCUT2D eigenvalue weighted by atomic mass is 9.95. The molecule has 0 aliphatic carbocycles. The Morgan fingerprint density at radius 3 is 2.49 bits per heavy atom. The van der Waals surface area contributed by atoms with Gasteiger partial charge in [0.2, 0.25) is 0 Å². The second kappa shape index (κ2) is 8.95. The Hall–Kier alpha value is -4.65. The second-order valence-corrected chi connectivity index (χ2v) is 8.02. The van der Waals surface area contributed by atoms with Crippen LogP contribution in [0, 0.1) is 0 Å². The van der Waals surface area contributed by atoms with Gasteiger partial charge < -0.3 is 14.6 Å². The first-order valence-electron chi connectivity index (χ1n) is 11.0. The summed E-state index contributed by atoms with van der Waals surface area (Å²) in [5, 5.41) is 13.2. The summed E-state index contributed by atoms with van der Waals surface area (Å²) >= 11 is 0. The predicted molar refractivity (Wildman–Crippen MR) is 133 cm³/mol. The number of aliphatic hydroxyl groups is 1. The van der Waals surface area contributed by atoms with E-state index in [2.05, 4.69) is 4.98 Å². The van der Waals surface area contributed by atoms with E-state index in [4.69, 9.17) is 9.47 Å². The maximum atomic E-state index is 13.5. The van der Waals surface area contributed by atoms with Gasteiger partial charge in [-0.1, -0.05) is 42.5 Å². The van der Waals surface area contributed by atoms with Crippen LogP contribution >= 0.6 is 0 Å². The summed E-state index contributed by atoms with van der Waals surface area (Å²) in [6.07, 6.45) is 3.20. The highest BCUT2D eigenvalue weighted by molar-refractivity contribution is 6.52. The molecular formula is C28H22N2O5. The van der Waals surface area contributed by atoms with E-state index >= 15 is 0 Å². The minimum absolute atomic E-state index is 0.0422. The fourth-order valence-corrected chi connectivity index (χ4v) is 4.49. The number of carbonyl (C=O) groups is 2. The Kier molecular flexibility index (Phi) is 5.66. The van der Waals surface area contributed by atoms with Gasteiger partial charge in [-0.25, -0.2) is 0 Å². The lowest BCUT2D eigenvalue weighted by Crippen LogP contribution is -2.29. The third-order valence-electron chi connectivity index (χ3n) is 6.13. The van der Waals surface area contributed by atoms with E-state index in [-0.39, 0.29) is 16.9 Å². The fourth-order valence-electron chi connectivity index (χ4n) is 4.49. The zero-order valence-electron chi connectivity index (χ0n) is 19.1. The van der Waals surface area contributed by atoms with Crippen molar-refractivity contribution in [1.82, 2.24) is 4.98 Å². The zero-order valence-corrected chi connectivity index (χ0v) is 19.1. The first-order chi connectivity index (χ1) is 17.0. The van der Waals surface area contributed by atoms with Gasteiger partial charge in [0.15, 0.2) is 0 Å². The minimum Gasteiger partial charge on any atom is -0.507 e. The number of anilines is 1. The van der Waals surface area contributed by atoms with Crippen molar-refractivity contribution in [3.05, 3.63) is 102 Å². The predicted octanol–water partition coefficient (Wildman–Crippen LogP) is 4.88.